The van der Waals surface area contributed by atoms with E-state index in [-0.39, 0.29) is 23.9 Å². The lowest BCUT2D eigenvalue weighted by molar-refractivity contribution is -0.118. The predicted molar refractivity (Wildman–Crippen MR) is 47.1 cm³/mol. The number of carbonyl (C=O) groups is 2. The molecule has 0 aromatic rings. The Balaban J connectivity index is 2.70. The van der Waals surface area contributed by atoms with Crippen LogP contribution in [-0.4, -0.2) is 30.6 Å². The molecule has 0 radical (unpaired) electrons. The topological polar surface area (TPSA) is 51.2 Å². The average molecular weight is 188 g/mol. The van der Waals surface area contributed by atoms with Crippen molar-refractivity contribution in [2.75, 3.05) is 19.0 Å². The quantitative estimate of drug-likeness (QED) is 0.538. The van der Waals surface area contributed by atoms with Gasteiger partial charge in [0, 0.05) is 12.8 Å². The van der Waals surface area contributed by atoms with Crippen LogP contribution in [0.2, 0.25) is 0 Å². The summed E-state index contributed by atoms with van der Waals surface area (Å²) in [5.41, 5.74) is 0. The number of carbonyl (C=O) groups excluding carboxylic acids is 2. The fourth-order valence-electron chi connectivity index (χ4n) is 1.44. The maximum absolute atomic E-state index is 11.6. The molecule has 68 valence electrons. The van der Waals surface area contributed by atoms with E-state index in [1.807, 2.05) is 0 Å². The van der Waals surface area contributed by atoms with Crippen LogP contribution in [-0.2, 0) is 14.2 Å². The molecule has 1 saturated heterocycles. The first-order valence-corrected chi connectivity index (χ1v) is 6.61. The van der Waals surface area contributed by atoms with Crippen LogP contribution in [0.4, 0.5) is 0 Å². The molecular formula is C8H13O3P. The molecule has 0 atom stereocenters. The number of Topliss-reactive ketones (excluding diaryl/α,β-unsaturated/α-hetero) is 2. The normalized spacial score (nSPS) is 24.8. The molecule has 0 aromatic heterocycles. The molecule has 1 aliphatic rings. The third-order valence-corrected chi connectivity index (χ3v) is 3.98. The van der Waals surface area contributed by atoms with Gasteiger partial charge in [0.25, 0.3) is 0 Å². The summed E-state index contributed by atoms with van der Waals surface area (Å²) in [5.74, 6) is 0.0988. The Bertz CT molecular complexity index is 235. The molecular weight excluding hydrogens is 175 g/mol. The first-order chi connectivity index (χ1) is 5.49. The minimum absolute atomic E-state index is 0.0494. The standard InChI is InChI=1S/C8H13O3P/c1-12(11)5-7(9)3-2-4-8(10)6-12/h2-6H2,1H3. The molecule has 0 amide bonds. The third-order valence-electron chi connectivity index (χ3n) is 1.93. The average Bonchev–Trinajstić information content (AvgIpc) is 1.81. The van der Waals surface area contributed by atoms with Gasteiger partial charge in [-0.3, -0.25) is 9.59 Å². The number of ketones is 2. The Morgan fingerprint density at radius 2 is 1.50 bits per heavy atom. The van der Waals surface area contributed by atoms with Crippen LogP contribution in [0.15, 0.2) is 0 Å². The van der Waals surface area contributed by atoms with Crippen molar-refractivity contribution >= 4 is 18.7 Å². The Morgan fingerprint density at radius 1 is 1.08 bits per heavy atom. The smallest absolute Gasteiger partial charge is 0.140 e. The Morgan fingerprint density at radius 3 is 1.92 bits per heavy atom. The van der Waals surface area contributed by atoms with E-state index in [4.69, 9.17) is 0 Å². The number of rotatable bonds is 0. The van der Waals surface area contributed by atoms with Gasteiger partial charge in [-0.15, -0.1) is 0 Å². The van der Waals surface area contributed by atoms with E-state index < -0.39 is 7.14 Å². The highest BCUT2D eigenvalue weighted by atomic mass is 31.2. The van der Waals surface area contributed by atoms with E-state index in [1.165, 1.54) is 0 Å². The van der Waals surface area contributed by atoms with Crippen molar-refractivity contribution in [1.29, 1.82) is 0 Å². The van der Waals surface area contributed by atoms with Gasteiger partial charge in [-0.1, -0.05) is 0 Å². The lowest BCUT2D eigenvalue weighted by Crippen LogP contribution is -2.16. The maximum atomic E-state index is 11.6. The van der Waals surface area contributed by atoms with Gasteiger partial charge < -0.3 is 4.57 Å². The molecule has 0 spiro atoms. The number of hydrogen-bond acceptors (Lipinski definition) is 3. The molecule has 0 saturated carbocycles. The SMILES string of the molecule is CP1(=O)CC(=O)CCCC(=O)C1. The van der Waals surface area contributed by atoms with Crippen molar-refractivity contribution in [2.24, 2.45) is 0 Å². The highest BCUT2D eigenvalue weighted by Crippen LogP contribution is 2.42. The predicted octanol–water partition coefficient (Wildman–Crippen LogP) is 1.30. The molecule has 0 bridgehead atoms. The molecule has 1 rings (SSSR count). The second kappa shape index (κ2) is 3.53. The molecule has 1 heterocycles. The monoisotopic (exact) mass is 188 g/mol. The van der Waals surface area contributed by atoms with Crippen LogP contribution in [0.5, 0.6) is 0 Å². The summed E-state index contributed by atoms with van der Waals surface area (Å²) < 4.78 is 11.6. The zero-order valence-electron chi connectivity index (χ0n) is 7.21. The van der Waals surface area contributed by atoms with Gasteiger partial charge in [-0.05, 0) is 13.1 Å². The Kier molecular flexibility index (Phi) is 2.84. The zero-order chi connectivity index (χ0) is 9.19. The number of hydrogen-bond donors (Lipinski definition) is 0. The van der Waals surface area contributed by atoms with Crippen LogP contribution in [0.1, 0.15) is 19.3 Å². The van der Waals surface area contributed by atoms with Crippen molar-refractivity contribution in [3.63, 3.8) is 0 Å². The minimum atomic E-state index is -2.47. The molecule has 0 aromatic carbocycles. The van der Waals surface area contributed by atoms with Gasteiger partial charge in [-0.2, -0.15) is 0 Å². The lowest BCUT2D eigenvalue weighted by atomic mass is 10.1. The van der Waals surface area contributed by atoms with Gasteiger partial charge in [-0.25, -0.2) is 0 Å². The Labute approximate surface area is 71.9 Å². The second-order valence-electron chi connectivity index (χ2n) is 3.54. The molecule has 1 aliphatic heterocycles. The molecule has 3 nitrogen and oxygen atoms in total. The van der Waals surface area contributed by atoms with E-state index in [1.54, 1.807) is 6.66 Å². The first-order valence-electron chi connectivity index (χ1n) is 4.08. The van der Waals surface area contributed by atoms with Crippen molar-refractivity contribution in [2.45, 2.75) is 19.3 Å². The molecule has 12 heavy (non-hydrogen) atoms. The van der Waals surface area contributed by atoms with Gasteiger partial charge >= 0.3 is 0 Å². The highest BCUT2D eigenvalue weighted by Gasteiger charge is 2.25. The van der Waals surface area contributed by atoms with Crippen molar-refractivity contribution in [1.82, 2.24) is 0 Å². The van der Waals surface area contributed by atoms with E-state index in [9.17, 15) is 14.2 Å². The van der Waals surface area contributed by atoms with Crippen LogP contribution < -0.4 is 0 Å². The van der Waals surface area contributed by atoms with Crippen LogP contribution in [0, 0.1) is 0 Å². The molecule has 1 fully saturated rings. The fourth-order valence-corrected chi connectivity index (χ4v) is 3.36. The van der Waals surface area contributed by atoms with E-state index >= 15 is 0 Å². The maximum Gasteiger partial charge on any atom is 0.140 e. The summed E-state index contributed by atoms with van der Waals surface area (Å²) in [5, 5.41) is 0. The van der Waals surface area contributed by atoms with E-state index in [2.05, 4.69) is 0 Å². The van der Waals surface area contributed by atoms with Crippen LogP contribution in [0.3, 0.4) is 0 Å². The zero-order valence-corrected chi connectivity index (χ0v) is 8.10. The van der Waals surface area contributed by atoms with E-state index in [0.717, 1.165) is 0 Å². The molecule has 0 N–H and O–H groups in total. The van der Waals surface area contributed by atoms with Gasteiger partial charge in [0.1, 0.15) is 11.6 Å². The van der Waals surface area contributed by atoms with Crippen molar-refractivity contribution < 1.29 is 14.2 Å². The largest absolute Gasteiger partial charge is 0.323 e. The summed E-state index contributed by atoms with van der Waals surface area (Å²) in [7, 11) is -2.47. The minimum Gasteiger partial charge on any atom is -0.323 e. The third kappa shape index (κ3) is 2.90. The van der Waals surface area contributed by atoms with Crippen LogP contribution in [0.25, 0.3) is 0 Å². The molecule has 0 aliphatic carbocycles. The van der Waals surface area contributed by atoms with Crippen LogP contribution >= 0.6 is 7.14 Å². The summed E-state index contributed by atoms with van der Waals surface area (Å²) in [6, 6.07) is 0. The van der Waals surface area contributed by atoms with Crippen molar-refractivity contribution in [3.05, 3.63) is 0 Å². The van der Waals surface area contributed by atoms with Gasteiger partial charge in [0.2, 0.25) is 0 Å². The van der Waals surface area contributed by atoms with E-state index in [0.29, 0.717) is 19.3 Å². The second-order valence-corrected chi connectivity index (χ2v) is 6.77. The van der Waals surface area contributed by atoms with Gasteiger partial charge in [0.05, 0.1) is 19.5 Å². The van der Waals surface area contributed by atoms with Gasteiger partial charge in [0.15, 0.2) is 0 Å². The molecule has 4 heteroatoms. The fraction of sp³-hybridized carbons (Fsp3) is 0.750. The highest BCUT2D eigenvalue weighted by molar-refractivity contribution is 7.65. The first kappa shape index (κ1) is 9.66. The molecule has 0 unspecified atom stereocenters. The summed E-state index contributed by atoms with van der Waals surface area (Å²) in [4.78, 5) is 22.1. The lowest BCUT2D eigenvalue weighted by Gasteiger charge is -2.14. The summed E-state index contributed by atoms with van der Waals surface area (Å²) >= 11 is 0. The summed E-state index contributed by atoms with van der Waals surface area (Å²) in [6.07, 6.45) is 1.72. The summed E-state index contributed by atoms with van der Waals surface area (Å²) in [6.45, 7) is 1.55. The Hall–Kier alpha value is -0.430. The van der Waals surface area contributed by atoms with Crippen molar-refractivity contribution in [3.8, 4) is 0 Å².